The monoisotopic (exact) mass is 490 g/mol. The first-order valence-electron chi connectivity index (χ1n) is 14.3. The normalized spacial score (nSPS) is 43.9. The van der Waals surface area contributed by atoms with E-state index in [1.54, 1.807) is 0 Å². The molecular weight excluding hydrogens is 440 g/mol. The minimum absolute atomic E-state index is 0.0376. The van der Waals surface area contributed by atoms with E-state index in [4.69, 9.17) is 9.47 Å². The second kappa shape index (κ2) is 9.65. The molecule has 0 saturated heterocycles. The summed E-state index contributed by atoms with van der Waals surface area (Å²) in [5.41, 5.74) is -0.290. The zero-order chi connectivity index (χ0) is 25.8. The van der Waals surface area contributed by atoms with E-state index in [-0.39, 0.29) is 34.8 Å². The molecule has 1 N–H and O–H groups in total. The molecule has 4 aliphatic rings. The van der Waals surface area contributed by atoms with Gasteiger partial charge in [0.25, 0.3) is 0 Å². The molecule has 10 atom stereocenters. The van der Waals surface area contributed by atoms with Crippen LogP contribution < -0.4 is 0 Å². The highest BCUT2D eigenvalue weighted by Gasteiger charge is 2.64. The van der Waals surface area contributed by atoms with Gasteiger partial charge < -0.3 is 14.6 Å². The number of hydrogen-bond acceptors (Lipinski definition) is 5. The molecule has 0 radical (unpaired) electrons. The van der Waals surface area contributed by atoms with Crippen molar-refractivity contribution in [2.75, 3.05) is 7.11 Å². The summed E-state index contributed by atoms with van der Waals surface area (Å²) in [6.45, 7) is 12.9. The maximum atomic E-state index is 12.3. The van der Waals surface area contributed by atoms with E-state index in [2.05, 4.69) is 20.8 Å². The summed E-state index contributed by atoms with van der Waals surface area (Å²) in [6.07, 6.45) is 9.61. The zero-order valence-electron chi connectivity index (χ0n) is 23.3. The first kappa shape index (κ1) is 26.9. The molecule has 4 fully saturated rings. The Kier molecular flexibility index (Phi) is 7.43. The molecule has 4 aliphatic carbocycles. The Morgan fingerprint density at radius 2 is 1.74 bits per heavy atom. The van der Waals surface area contributed by atoms with Gasteiger partial charge in [-0.25, -0.2) is 0 Å². The minimum atomic E-state index is -0.440. The Morgan fingerprint density at radius 3 is 2.40 bits per heavy atom. The average molecular weight is 491 g/mol. The van der Waals surface area contributed by atoms with Crippen molar-refractivity contribution < 1.29 is 24.2 Å². The number of hydrogen-bond donors (Lipinski definition) is 1. The summed E-state index contributed by atoms with van der Waals surface area (Å²) in [6, 6.07) is 0. The molecule has 4 rings (SSSR count). The molecule has 0 heterocycles. The van der Waals surface area contributed by atoms with E-state index in [0.29, 0.717) is 41.9 Å². The second-order valence-electron chi connectivity index (χ2n) is 14.1. The van der Waals surface area contributed by atoms with E-state index in [9.17, 15) is 14.7 Å². The largest absolute Gasteiger partial charge is 0.469 e. The van der Waals surface area contributed by atoms with Gasteiger partial charge in [0.15, 0.2) is 0 Å². The van der Waals surface area contributed by atoms with Crippen molar-refractivity contribution in [2.45, 2.75) is 117 Å². The fourth-order valence-electron chi connectivity index (χ4n) is 9.50. The molecular formula is C30H50O5. The molecule has 0 bridgehead atoms. The number of ether oxygens (including phenoxy) is 2. The summed E-state index contributed by atoms with van der Waals surface area (Å²) >= 11 is 0. The molecule has 35 heavy (non-hydrogen) atoms. The van der Waals surface area contributed by atoms with Crippen LogP contribution in [0.1, 0.15) is 106 Å². The highest BCUT2D eigenvalue weighted by molar-refractivity contribution is 5.72. The van der Waals surface area contributed by atoms with E-state index < -0.39 is 5.60 Å². The molecule has 4 saturated carbocycles. The van der Waals surface area contributed by atoms with Gasteiger partial charge in [0.1, 0.15) is 5.60 Å². The molecule has 10 unspecified atom stereocenters. The third-order valence-corrected chi connectivity index (χ3v) is 11.3. The van der Waals surface area contributed by atoms with E-state index >= 15 is 0 Å². The van der Waals surface area contributed by atoms with Crippen molar-refractivity contribution in [1.82, 2.24) is 0 Å². The predicted octanol–water partition coefficient (Wildman–Crippen LogP) is 6.16. The molecule has 0 amide bonds. The Morgan fingerprint density at radius 1 is 1.03 bits per heavy atom. The summed E-state index contributed by atoms with van der Waals surface area (Å²) in [5, 5.41) is 11.7. The van der Waals surface area contributed by atoms with E-state index in [1.807, 2.05) is 20.8 Å². The zero-order valence-corrected chi connectivity index (χ0v) is 23.3. The number of rotatable bonds is 5. The SMILES string of the molecule is COC(=O)C1CCC2(C)C(CCC3C2CC(O)C2(C)C(C(C)CCC(=O)OC(C)(C)C)CCC32)C1. The molecule has 5 heteroatoms. The summed E-state index contributed by atoms with van der Waals surface area (Å²) in [4.78, 5) is 24.6. The maximum absolute atomic E-state index is 12.3. The van der Waals surface area contributed by atoms with Crippen LogP contribution in [-0.4, -0.2) is 35.9 Å². The van der Waals surface area contributed by atoms with Gasteiger partial charge in [0.2, 0.25) is 0 Å². The topological polar surface area (TPSA) is 72.8 Å². The average Bonchev–Trinajstić information content (AvgIpc) is 3.15. The van der Waals surface area contributed by atoms with Crippen LogP contribution in [0.15, 0.2) is 0 Å². The lowest BCUT2D eigenvalue weighted by Crippen LogP contribution is -2.58. The van der Waals surface area contributed by atoms with E-state index in [0.717, 1.165) is 38.5 Å². The van der Waals surface area contributed by atoms with Crippen molar-refractivity contribution in [1.29, 1.82) is 0 Å². The van der Waals surface area contributed by atoms with Crippen LogP contribution in [0.3, 0.4) is 0 Å². The van der Waals surface area contributed by atoms with Crippen LogP contribution >= 0.6 is 0 Å². The van der Waals surface area contributed by atoms with Crippen LogP contribution in [-0.2, 0) is 19.1 Å². The maximum Gasteiger partial charge on any atom is 0.308 e. The summed E-state index contributed by atoms with van der Waals surface area (Å²) in [7, 11) is 1.51. The lowest BCUT2D eigenvalue weighted by atomic mass is 9.43. The number of carbonyl (C=O) groups is 2. The van der Waals surface area contributed by atoms with Crippen LogP contribution in [0, 0.1) is 52.3 Å². The van der Waals surface area contributed by atoms with Crippen LogP contribution in [0.5, 0.6) is 0 Å². The van der Waals surface area contributed by atoms with Gasteiger partial charge in [-0.1, -0.05) is 20.8 Å². The third-order valence-electron chi connectivity index (χ3n) is 11.3. The Bertz CT molecular complexity index is 801. The number of fused-ring (bicyclic) bond motifs is 5. The van der Waals surface area contributed by atoms with Gasteiger partial charge in [-0.05, 0) is 125 Å². The second-order valence-corrected chi connectivity index (χ2v) is 14.1. The lowest BCUT2D eigenvalue weighted by molar-refractivity contribution is -0.176. The highest BCUT2D eigenvalue weighted by atomic mass is 16.6. The number of carbonyl (C=O) groups excluding carboxylic acids is 2. The van der Waals surface area contributed by atoms with Crippen molar-refractivity contribution in [3.8, 4) is 0 Å². The predicted molar refractivity (Wildman–Crippen MR) is 136 cm³/mol. The molecule has 0 aliphatic heterocycles. The summed E-state index contributed by atoms with van der Waals surface area (Å²) < 4.78 is 10.6. The molecule has 0 aromatic rings. The van der Waals surface area contributed by atoms with Crippen molar-refractivity contribution in [3.05, 3.63) is 0 Å². The van der Waals surface area contributed by atoms with Crippen molar-refractivity contribution in [2.24, 2.45) is 52.3 Å². The number of aliphatic hydroxyl groups excluding tert-OH is 1. The van der Waals surface area contributed by atoms with Crippen LogP contribution in [0.4, 0.5) is 0 Å². The number of aliphatic hydroxyl groups is 1. The minimum Gasteiger partial charge on any atom is -0.469 e. The van der Waals surface area contributed by atoms with Gasteiger partial charge in [-0.2, -0.15) is 0 Å². The standard InChI is InChI=1S/C30H50O5/c1-18(8-13-26(32)35-28(2,3)4)22-11-12-23-21-10-9-20-16-19(27(33)34-7)14-15-29(20,5)24(21)17-25(31)30(22,23)6/h18-25,31H,8-17H2,1-7H3. The van der Waals surface area contributed by atoms with E-state index in [1.165, 1.54) is 26.4 Å². The fraction of sp³-hybridized carbons (Fsp3) is 0.933. The molecule has 200 valence electrons. The highest BCUT2D eigenvalue weighted by Crippen LogP contribution is 2.68. The van der Waals surface area contributed by atoms with Crippen molar-refractivity contribution in [3.63, 3.8) is 0 Å². The number of esters is 2. The molecule has 5 nitrogen and oxygen atoms in total. The quantitative estimate of drug-likeness (QED) is 0.467. The molecule has 0 aromatic carbocycles. The van der Waals surface area contributed by atoms with Gasteiger partial charge in [-0.3, -0.25) is 9.59 Å². The first-order chi connectivity index (χ1) is 16.3. The van der Waals surface area contributed by atoms with Crippen LogP contribution in [0.25, 0.3) is 0 Å². The smallest absolute Gasteiger partial charge is 0.308 e. The first-order valence-corrected chi connectivity index (χ1v) is 14.3. The Balaban J connectivity index is 1.46. The Labute approximate surface area is 213 Å². The van der Waals surface area contributed by atoms with Gasteiger partial charge in [0, 0.05) is 6.42 Å². The van der Waals surface area contributed by atoms with Gasteiger partial charge >= 0.3 is 11.9 Å². The third kappa shape index (κ3) is 4.80. The fourth-order valence-corrected chi connectivity index (χ4v) is 9.50. The molecule has 0 aromatic heterocycles. The van der Waals surface area contributed by atoms with Gasteiger partial charge in [-0.15, -0.1) is 0 Å². The lowest BCUT2D eigenvalue weighted by Gasteiger charge is -2.62. The number of methoxy groups -OCH3 is 1. The van der Waals surface area contributed by atoms with Gasteiger partial charge in [0.05, 0.1) is 19.1 Å². The van der Waals surface area contributed by atoms with Crippen molar-refractivity contribution >= 4 is 11.9 Å². The Hall–Kier alpha value is -1.10. The summed E-state index contributed by atoms with van der Waals surface area (Å²) in [5.74, 6) is 3.08. The molecule has 0 spiro atoms. The van der Waals surface area contributed by atoms with Crippen LogP contribution in [0.2, 0.25) is 0 Å².